The van der Waals surface area contributed by atoms with Gasteiger partial charge in [-0.15, -0.1) is 0 Å². The first-order chi connectivity index (χ1) is 9.30. The van der Waals surface area contributed by atoms with Gasteiger partial charge in [0, 0.05) is 24.3 Å². The number of aliphatic hydroxyl groups is 1. The van der Waals surface area contributed by atoms with Gasteiger partial charge in [0.2, 0.25) is 10.0 Å². The minimum Gasteiger partial charge on any atom is -0.399 e. The van der Waals surface area contributed by atoms with E-state index in [1.165, 1.54) is 6.07 Å². The Morgan fingerprint density at radius 3 is 2.45 bits per heavy atom. The lowest BCUT2D eigenvalue weighted by molar-refractivity contribution is 0.119. The van der Waals surface area contributed by atoms with Crippen molar-refractivity contribution in [3.8, 4) is 0 Å². The van der Waals surface area contributed by atoms with E-state index in [-0.39, 0.29) is 18.8 Å². The summed E-state index contributed by atoms with van der Waals surface area (Å²) >= 11 is 0. The van der Waals surface area contributed by atoms with Crippen molar-refractivity contribution >= 4 is 15.7 Å². The third-order valence-electron chi connectivity index (χ3n) is 3.72. The van der Waals surface area contributed by atoms with Crippen LogP contribution in [0.5, 0.6) is 0 Å². The standard InChI is InChI=1S/C13H21FN2O3S/c1-3-13(4-2,9-17)8-16-20(18,19)12-7-10(15)5-6-11(12)14/h5-7,16-17H,3-4,8-9,15H2,1-2H3. The van der Waals surface area contributed by atoms with E-state index >= 15 is 0 Å². The molecule has 0 atom stereocenters. The lowest BCUT2D eigenvalue weighted by atomic mass is 9.84. The van der Waals surface area contributed by atoms with E-state index in [9.17, 15) is 17.9 Å². The molecule has 5 nitrogen and oxygen atoms in total. The normalized spacial score (nSPS) is 12.6. The quantitative estimate of drug-likeness (QED) is 0.665. The summed E-state index contributed by atoms with van der Waals surface area (Å²) in [5.41, 5.74) is 5.12. The molecule has 20 heavy (non-hydrogen) atoms. The maximum absolute atomic E-state index is 13.6. The number of hydrogen-bond donors (Lipinski definition) is 3. The van der Waals surface area contributed by atoms with E-state index in [1.54, 1.807) is 0 Å². The van der Waals surface area contributed by atoms with Crippen LogP contribution in [-0.4, -0.2) is 26.7 Å². The first-order valence-electron chi connectivity index (χ1n) is 6.46. The molecule has 1 rings (SSSR count). The smallest absolute Gasteiger partial charge is 0.243 e. The summed E-state index contributed by atoms with van der Waals surface area (Å²) < 4.78 is 40.2. The molecule has 114 valence electrons. The molecule has 0 saturated heterocycles. The molecular weight excluding hydrogens is 283 g/mol. The van der Waals surface area contributed by atoms with Crippen molar-refractivity contribution < 1.29 is 17.9 Å². The summed E-state index contributed by atoms with van der Waals surface area (Å²) in [4.78, 5) is -0.475. The number of halogens is 1. The minimum absolute atomic E-state index is 0.0487. The van der Waals surface area contributed by atoms with E-state index in [2.05, 4.69) is 4.72 Å². The average molecular weight is 304 g/mol. The predicted octanol–water partition coefficient (Wildman–Crippen LogP) is 1.48. The van der Waals surface area contributed by atoms with Gasteiger partial charge in [-0.25, -0.2) is 17.5 Å². The minimum atomic E-state index is -3.99. The number of hydrogen-bond acceptors (Lipinski definition) is 4. The molecule has 0 amide bonds. The number of nitrogens with one attached hydrogen (secondary N) is 1. The summed E-state index contributed by atoms with van der Waals surface area (Å²) in [6.07, 6.45) is 1.23. The molecule has 0 saturated carbocycles. The van der Waals surface area contributed by atoms with Crippen LogP contribution in [0.4, 0.5) is 10.1 Å². The highest BCUT2D eigenvalue weighted by Crippen LogP contribution is 2.26. The zero-order valence-corrected chi connectivity index (χ0v) is 12.5. The van der Waals surface area contributed by atoms with Crippen molar-refractivity contribution in [3.05, 3.63) is 24.0 Å². The summed E-state index contributed by atoms with van der Waals surface area (Å²) in [7, 11) is -3.99. The second kappa shape index (κ2) is 6.51. The molecule has 0 aromatic heterocycles. The molecule has 7 heteroatoms. The number of benzene rings is 1. The zero-order chi connectivity index (χ0) is 15.4. The zero-order valence-electron chi connectivity index (χ0n) is 11.7. The number of anilines is 1. The van der Waals surface area contributed by atoms with Crippen LogP contribution in [0, 0.1) is 11.2 Å². The van der Waals surface area contributed by atoms with Crippen LogP contribution in [0.15, 0.2) is 23.1 Å². The van der Waals surface area contributed by atoms with Crippen molar-refractivity contribution in [2.75, 3.05) is 18.9 Å². The van der Waals surface area contributed by atoms with E-state index in [1.807, 2.05) is 13.8 Å². The molecule has 0 spiro atoms. The molecule has 0 fully saturated rings. The van der Waals surface area contributed by atoms with Crippen LogP contribution in [0.2, 0.25) is 0 Å². The van der Waals surface area contributed by atoms with Crippen molar-refractivity contribution in [3.63, 3.8) is 0 Å². The number of sulfonamides is 1. The lowest BCUT2D eigenvalue weighted by Crippen LogP contribution is -2.39. The Hall–Kier alpha value is -1.18. The highest BCUT2D eigenvalue weighted by molar-refractivity contribution is 7.89. The van der Waals surface area contributed by atoms with Gasteiger partial charge in [0.15, 0.2) is 0 Å². The Labute approximate surface area is 119 Å². The molecule has 0 aliphatic heterocycles. The second-order valence-electron chi connectivity index (χ2n) is 4.88. The molecule has 0 bridgehead atoms. The number of nitrogens with two attached hydrogens (primary N) is 1. The Kier molecular flexibility index (Phi) is 5.50. The highest BCUT2D eigenvalue weighted by Gasteiger charge is 2.28. The molecule has 0 radical (unpaired) electrons. The highest BCUT2D eigenvalue weighted by atomic mass is 32.2. The third-order valence-corrected chi connectivity index (χ3v) is 5.13. The topological polar surface area (TPSA) is 92.4 Å². The summed E-state index contributed by atoms with van der Waals surface area (Å²) in [6.45, 7) is 3.65. The predicted molar refractivity (Wildman–Crippen MR) is 76.1 cm³/mol. The van der Waals surface area contributed by atoms with Gasteiger partial charge in [-0.05, 0) is 31.0 Å². The van der Waals surface area contributed by atoms with Crippen molar-refractivity contribution in [2.45, 2.75) is 31.6 Å². The Balaban J connectivity index is 2.98. The van der Waals surface area contributed by atoms with Gasteiger partial charge in [-0.3, -0.25) is 0 Å². The van der Waals surface area contributed by atoms with Gasteiger partial charge in [-0.1, -0.05) is 13.8 Å². The van der Waals surface area contributed by atoms with Crippen LogP contribution in [0.3, 0.4) is 0 Å². The Bertz CT molecular complexity index is 548. The van der Waals surface area contributed by atoms with Crippen LogP contribution in [0.25, 0.3) is 0 Å². The maximum Gasteiger partial charge on any atom is 0.243 e. The average Bonchev–Trinajstić information content (AvgIpc) is 2.43. The van der Waals surface area contributed by atoms with Crippen molar-refractivity contribution in [1.82, 2.24) is 4.72 Å². The molecule has 0 aliphatic rings. The summed E-state index contributed by atoms with van der Waals surface area (Å²) in [5.74, 6) is -0.853. The van der Waals surface area contributed by atoms with E-state index in [4.69, 9.17) is 5.73 Å². The van der Waals surface area contributed by atoms with Crippen molar-refractivity contribution in [1.29, 1.82) is 0 Å². The maximum atomic E-state index is 13.6. The lowest BCUT2D eigenvalue weighted by Gasteiger charge is -2.29. The summed E-state index contributed by atoms with van der Waals surface area (Å²) in [6, 6.07) is 3.39. The van der Waals surface area contributed by atoms with Crippen LogP contribution < -0.4 is 10.5 Å². The molecule has 0 aliphatic carbocycles. The Morgan fingerprint density at radius 2 is 1.95 bits per heavy atom. The van der Waals surface area contributed by atoms with Gasteiger partial charge in [0.05, 0.1) is 0 Å². The van der Waals surface area contributed by atoms with Gasteiger partial charge in [0.25, 0.3) is 0 Å². The van der Waals surface area contributed by atoms with Gasteiger partial charge in [-0.2, -0.15) is 0 Å². The van der Waals surface area contributed by atoms with Crippen LogP contribution in [0.1, 0.15) is 26.7 Å². The van der Waals surface area contributed by atoms with Crippen LogP contribution >= 0.6 is 0 Å². The second-order valence-corrected chi connectivity index (χ2v) is 6.62. The van der Waals surface area contributed by atoms with Gasteiger partial charge < -0.3 is 10.8 Å². The fourth-order valence-electron chi connectivity index (χ4n) is 1.83. The molecular formula is C13H21FN2O3S. The van der Waals surface area contributed by atoms with E-state index < -0.39 is 26.2 Å². The largest absolute Gasteiger partial charge is 0.399 e. The van der Waals surface area contributed by atoms with Gasteiger partial charge >= 0.3 is 0 Å². The molecule has 0 unspecified atom stereocenters. The summed E-state index contributed by atoms with van der Waals surface area (Å²) in [5, 5.41) is 9.41. The van der Waals surface area contributed by atoms with E-state index in [0.717, 1.165) is 12.1 Å². The van der Waals surface area contributed by atoms with E-state index in [0.29, 0.717) is 12.8 Å². The SMILES string of the molecule is CCC(CC)(CO)CNS(=O)(=O)c1cc(N)ccc1F. The third kappa shape index (κ3) is 3.68. The number of nitrogen functional groups attached to an aromatic ring is 1. The number of aliphatic hydroxyl groups excluding tert-OH is 1. The van der Waals surface area contributed by atoms with Gasteiger partial charge in [0.1, 0.15) is 10.7 Å². The monoisotopic (exact) mass is 304 g/mol. The van der Waals surface area contributed by atoms with Crippen LogP contribution in [-0.2, 0) is 10.0 Å². The first-order valence-corrected chi connectivity index (χ1v) is 7.94. The number of rotatable bonds is 7. The fourth-order valence-corrected chi connectivity index (χ4v) is 3.10. The Morgan fingerprint density at radius 1 is 1.35 bits per heavy atom. The first kappa shape index (κ1) is 16.9. The molecule has 1 aromatic rings. The molecule has 4 N–H and O–H groups in total. The molecule has 1 aromatic carbocycles. The fraction of sp³-hybridized carbons (Fsp3) is 0.538. The molecule has 0 heterocycles. The van der Waals surface area contributed by atoms with Crippen molar-refractivity contribution in [2.24, 2.45) is 5.41 Å².